The molecule has 1 rings (SSSR count). The van der Waals surface area contributed by atoms with Crippen molar-refractivity contribution in [2.75, 3.05) is 18.1 Å². The molecule has 0 bridgehead atoms. The van der Waals surface area contributed by atoms with Crippen molar-refractivity contribution < 1.29 is 10.0 Å². The number of anilines is 1. The van der Waals surface area contributed by atoms with Crippen molar-refractivity contribution in [3.8, 4) is 0 Å². The van der Waals surface area contributed by atoms with Gasteiger partial charge < -0.3 is 10.0 Å². The number of nitro benzene ring substituents is 1. The summed E-state index contributed by atoms with van der Waals surface area (Å²) in [5.41, 5.74) is 1.67. The maximum atomic E-state index is 10.9. The summed E-state index contributed by atoms with van der Waals surface area (Å²) in [7, 11) is 0. The average Bonchev–Trinajstić information content (AvgIpc) is 2.32. The minimum atomic E-state index is -0.378. The number of nitro groups is 1. The van der Waals surface area contributed by atoms with Crippen molar-refractivity contribution in [3.63, 3.8) is 0 Å². The van der Waals surface area contributed by atoms with Crippen LogP contribution in [0.1, 0.15) is 25.8 Å². The van der Waals surface area contributed by atoms with Gasteiger partial charge in [-0.15, -0.1) is 0 Å². The van der Waals surface area contributed by atoms with Gasteiger partial charge in [0.05, 0.1) is 10.6 Å². The highest BCUT2D eigenvalue weighted by molar-refractivity contribution is 9.10. The predicted molar refractivity (Wildman–Crippen MR) is 79.7 cm³/mol. The summed E-state index contributed by atoms with van der Waals surface area (Å²) < 4.78 is 0.705. The monoisotopic (exact) mass is 330 g/mol. The Balaban J connectivity index is 3.17. The van der Waals surface area contributed by atoms with E-state index in [2.05, 4.69) is 34.7 Å². The molecule has 106 valence electrons. The van der Waals surface area contributed by atoms with Gasteiger partial charge in [0.1, 0.15) is 0 Å². The molecular formula is C13H19BrN2O3. The fourth-order valence-electron chi connectivity index (χ4n) is 1.97. The third-order valence-electron chi connectivity index (χ3n) is 2.95. The normalized spacial score (nSPS) is 10.8. The van der Waals surface area contributed by atoms with Gasteiger partial charge in [0.15, 0.2) is 0 Å². The van der Waals surface area contributed by atoms with Crippen molar-refractivity contribution in [2.45, 2.75) is 33.2 Å². The summed E-state index contributed by atoms with van der Waals surface area (Å²) >= 11 is 3.40. The van der Waals surface area contributed by atoms with Crippen LogP contribution in [0, 0.1) is 17.0 Å². The van der Waals surface area contributed by atoms with Crippen LogP contribution in [0.15, 0.2) is 16.6 Å². The molecule has 0 aliphatic rings. The molecule has 1 aromatic carbocycles. The standard InChI is InChI=1S/C13H19BrN2O3/c1-9(2)15(5-4-6-17)13-7-10(3)12(16(18)19)8-11(13)14/h7-9,17H,4-6H2,1-3H3. The third-order valence-corrected chi connectivity index (χ3v) is 3.59. The number of aryl methyl sites for hydroxylation is 1. The summed E-state index contributed by atoms with van der Waals surface area (Å²) in [5.74, 6) is 0. The number of halogens is 1. The van der Waals surface area contributed by atoms with Gasteiger partial charge in [-0.1, -0.05) is 0 Å². The lowest BCUT2D eigenvalue weighted by molar-refractivity contribution is -0.385. The van der Waals surface area contributed by atoms with Gasteiger partial charge in [-0.25, -0.2) is 0 Å². The second-order valence-electron chi connectivity index (χ2n) is 4.71. The molecule has 1 N–H and O–H groups in total. The molecule has 0 aliphatic heterocycles. The smallest absolute Gasteiger partial charge is 0.273 e. The maximum absolute atomic E-state index is 10.9. The summed E-state index contributed by atoms with van der Waals surface area (Å²) in [6.45, 7) is 6.69. The first kappa shape index (κ1) is 15.9. The van der Waals surface area contributed by atoms with Crippen LogP contribution in [0.2, 0.25) is 0 Å². The Bertz CT molecular complexity index is 463. The molecule has 0 saturated carbocycles. The molecule has 0 aromatic heterocycles. The number of hydrogen-bond acceptors (Lipinski definition) is 4. The molecule has 19 heavy (non-hydrogen) atoms. The zero-order valence-corrected chi connectivity index (χ0v) is 13.0. The first-order valence-electron chi connectivity index (χ1n) is 6.20. The topological polar surface area (TPSA) is 66.6 Å². The first-order valence-corrected chi connectivity index (χ1v) is 6.99. The van der Waals surface area contributed by atoms with E-state index in [0.29, 0.717) is 23.0 Å². The van der Waals surface area contributed by atoms with Crippen LogP contribution in [0.4, 0.5) is 11.4 Å². The Hall–Kier alpha value is -1.14. The second-order valence-corrected chi connectivity index (χ2v) is 5.57. The van der Waals surface area contributed by atoms with Crippen LogP contribution in [0.25, 0.3) is 0 Å². The Morgan fingerprint density at radius 3 is 2.58 bits per heavy atom. The van der Waals surface area contributed by atoms with Crippen molar-refractivity contribution in [1.29, 1.82) is 0 Å². The van der Waals surface area contributed by atoms with E-state index in [1.165, 1.54) is 0 Å². The minimum absolute atomic E-state index is 0.112. The number of rotatable bonds is 6. The van der Waals surface area contributed by atoms with E-state index >= 15 is 0 Å². The van der Waals surface area contributed by atoms with Crippen molar-refractivity contribution in [1.82, 2.24) is 0 Å². The van der Waals surface area contributed by atoms with Crippen molar-refractivity contribution in [2.24, 2.45) is 0 Å². The minimum Gasteiger partial charge on any atom is -0.396 e. The molecule has 0 amide bonds. The maximum Gasteiger partial charge on any atom is 0.273 e. The van der Waals surface area contributed by atoms with E-state index in [-0.39, 0.29) is 23.3 Å². The molecule has 1 aromatic rings. The van der Waals surface area contributed by atoms with Crippen LogP contribution in [0.3, 0.4) is 0 Å². The summed E-state index contributed by atoms with van der Waals surface area (Å²) in [5, 5.41) is 19.9. The van der Waals surface area contributed by atoms with Crippen LogP contribution in [-0.2, 0) is 0 Å². The van der Waals surface area contributed by atoms with Gasteiger partial charge in [0.25, 0.3) is 5.69 Å². The van der Waals surface area contributed by atoms with Gasteiger partial charge in [-0.2, -0.15) is 0 Å². The quantitative estimate of drug-likeness (QED) is 0.642. The van der Waals surface area contributed by atoms with Gasteiger partial charge in [0.2, 0.25) is 0 Å². The van der Waals surface area contributed by atoms with Crippen LogP contribution < -0.4 is 4.90 Å². The Labute approximate surface area is 121 Å². The molecule has 0 spiro atoms. The zero-order valence-electron chi connectivity index (χ0n) is 11.4. The van der Waals surface area contributed by atoms with E-state index in [1.54, 1.807) is 13.0 Å². The molecule has 0 saturated heterocycles. The van der Waals surface area contributed by atoms with E-state index < -0.39 is 0 Å². The molecule has 6 heteroatoms. The average molecular weight is 331 g/mol. The molecule has 0 heterocycles. The molecule has 5 nitrogen and oxygen atoms in total. The molecule has 0 aliphatic carbocycles. The lowest BCUT2D eigenvalue weighted by atomic mass is 10.1. The summed E-state index contributed by atoms with van der Waals surface area (Å²) in [6.07, 6.45) is 0.667. The van der Waals surface area contributed by atoms with Crippen molar-refractivity contribution in [3.05, 3.63) is 32.3 Å². The van der Waals surface area contributed by atoms with Crippen LogP contribution >= 0.6 is 15.9 Å². The van der Waals surface area contributed by atoms with E-state index in [0.717, 1.165) is 5.69 Å². The van der Waals surface area contributed by atoms with Gasteiger partial charge in [-0.3, -0.25) is 10.1 Å². The summed E-state index contributed by atoms with van der Waals surface area (Å²) in [4.78, 5) is 12.6. The number of aliphatic hydroxyl groups is 1. The van der Waals surface area contributed by atoms with Crippen LogP contribution in [-0.4, -0.2) is 29.2 Å². The van der Waals surface area contributed by atoms with E-state index in [9.17, 15) is 10.1 Å². The number of aliphatic hydroxyl groups excluding tert-OH is 1. The van der Waals surface area contributed by atoms with E-state index in [4.69, 9.17) is 5.11 Å². The fraction of sp³-hybridized carbons (Fsp3) is 0.538. The number of nitrogens with zero attached hydrogens (tertiary/aromatic N) is 2. The van der Waals surface area contributed by atoms with Gasteiger partial charge in [-0.05, 0) is 49.2 Å². The lowest BCUT2D eigenvalue weighted by Crippen LogP contribution is -2.32. The highest BCUT2D eigenvalue weighted by Crippen LogP contribution is 2.34. The molecule has 0 fully saturated rings. The summed E-state index contributed by atoms with van der Waals surface area (Å²) in [6, 6.07) is 3.61. The number of hydrogen-bond donors (Lipinski definition) is 1. The number of benzene rings is 1. The van der Waals surface area contributed by atoms with Crippen LogP contribution in [0.5, 0.6) is 0 Å². The third kappa shape index (κ3) is 3.91. The molecule has 0 unspecified atom stereocenters. The van der Waals surface area contributed by atoms with Crippen molar-refractivity contribution >= 4 is 27.3 Å². The molecule has 0 atom stereocenters. The molecule has 0 radical (unpaired) electrons. The predicted octanol–water partition coefficient (Wildman–Crippen LogP) is 3.26. The van der Waals surface area contributed by atoms with Gasteiger partial charge in [0, 0.05) is 35.3 Å². The fourth-order valence-corrected chi connectivity index (χ4v) is 2.53. The first-order chi connectivity index (χ1) is 8.88. The SMILES string of the molecule is Cc1cc(N(CCCO)C(C)C)c(Br)cc1[N+](=O)[O-]. The largest absolute Gasteiger partial charge is 0.396 e. The molecular weight excluding hydrogens is 312 g/mol. The highest BCUT2D eigenvalue weighted by atomic mass is 79.9. The second kappa shape index (κ2) is 6.86. The Morgan fingerprint density at radius 2 is 2.11 bits per heavy atom. The highest BCUT2D eigenvalue weighted by Gasteiger charge is 2.19. The Morgan fingerprint density at radius 1 is 1.47 bits per heavy atom. The van der Waals surface area contributed by atoms with Gasteiger partial charge >= 0.3 is 0 Å². The van der Waals surface area contributed by atoms with E-state index in [1.807, 2.05) is 6.07 Å². The Kier molecular flexibility index (Phi) is 5.75. The lowest BCUT2D eigenvalue weighted by Gasteiger charge is -2.30. The zero-order chi connectivity index (χ0) is 14.6.